The molecule has 1 N–H and O–H groups in total. The van der Waals surface area contributed by atoms with E-state index in [1.165, 1.54) is 24.1 Å². The van der Waals surface area contributed by atoms with Crippen LogP contribution >= 0.6 is 0 Å². The fraction of sp³-hybridized carbons (Fsp3) is 0.733. The number of hydrogen-bond donors (Lipinski definition) is 1. The Bertz CT molecular complexity index is 457. The van der Waals surface area contributed by atoms with Crippen LogP contribution in [0.1, 0.15) is 43.0 Å². The second-order valence-electron chi connectivity index (χ2n) is 5.96. The van der Waals surface area contributed by atoms with E-state index in [0.29, 0.717) is 12.1 Å². The second kappa shape index (κ2) is 6.06. The van der Waals surface area contributed by atoms with Gasteiger partial charge in [0.15, 0.2) is 0 Å². The highest BCUT2D eigenvalue weighted by Gasteiger charge is 2.25. The normalized spacial score (nSPS) is 23.4. The lowest BCUT2D eigenvalue weighted by Crippen LogP contribution is -2.38. The molecule has 1 aromatic heterocycles. The van der Waals surface area contributed by atoms with Crippen LogP contribution in [0.3, 0.4) is 0 Å². The third-order valence-electron chi connectivity index (χ3n) is 4.23. The Morgan fingerprint density at radius 1 is 1.25 bits per heavy atom. The van der Waals surface area contributed by atoms with Crippen molar-refractivity contribution in [3.63, 3.8) is 0 Å². The average Bonchev–Trinajstić information content (AvgIpc) is 2.48. The maximum atomic E-state index is 5.43. The number of rotatable bonds is 3. The molecule has 0 unspecified atom stereocenters. The molecule has 1 aliphatic carbocycles. The van der Waals surface area contributed by atoms with E-state index in [9.17, 15) is 0 Å². The first-order valence-electron chi connectivity index (χ1n) is 7.61. The molecule has 0 aromatic carbocycles. The zero-order chi connectivity index (χ0) is 13.9. The molecule has 2 heterocycles. The van der Waals surface area contributed by atoms with Gasteiger partial charge in [-0.25, -0.2) is 9.97 Å². The van der Waals surface area contributed by atoms with Crippen LogP contribution in [0.15, 0.2) is 6.20 Å². The van der Waals surface area contributed by atoms with Gasteiger partial charge in [0.1, 0.15) is 0 Å². The summed E-state index contributed by atoms with van der Waals surface area (Å²) in [6, 6.07) is 0.992. The zero-order valence-corrected chi connectivity index (χ0v) is 12.4. The van der Waals surface area contributed by atoms with Crippen molar-refractivity contribution in [1.29, 1.82) is 0 Å². The Labute approximate surface area is 120 Å². The summed E-state index contributed by atoms with van der Waals surface area (Å²) in [5.41, 5.74) is 2.52. The topological polar surface area (TPSA) is 50.3 Å². The van der Waals surface area contributed by atoms with Crippen LogP contribution in [0.2, 0.25) is 0 Å². The van der Waals surface area contributed by atoms with Crippen LogP contribution in [-0.4, -0.2) is 43.3 Å². The average molecular weight is 276 g/mol. The fourth-order valence-corrected chi connectivity index (χ4v) is 3.07. The predicted octanol–water partition coefficient (Wildman–Crippen LogP) is 1.69. The molecule has 0 spiro atoms. The highest BCUT2D eigenvalue weighted by Crippen LogP contribution is 2.30. The SMILES string of the molecule is CN(C)c1ncc2c(n1)CCC[C@@H]2NC1CCOCC1. The molecule has 110 valence electrons. The van der Waals surface area contributed by atoms with Crippen LogP contribution in [0.25, 0.3) is 0 Å². The fourth-order valence-electron chi connectivity index (χ4n) is 3.07. The minimum Gasteiger partial charge on any atom is -0.381 e. The van der Waals surface area contributed by atoms with Crippen molar-refractivity contribution in [1.82, 2.24) is 15.3 Å². The van der Waals surface area contributed by atoms with Gasteiger partial charge in [-0.2, -0.15) is 0 Å². The van der Waals surface area contributed by atoms with Crippen molar-refractivity contribution in [2.75, 3.05) is 32.2 Å². The highest BCUT2D eigenvalue weighted by atomic mass is 16.5. The van der Waals surface area contributed by atoms with Crippen LogP contribution in [0.4, 0.5) is 5.95 Å². The van der Waals surface area contributed by atoms with Gasteiger partial charge in [-0.15, -0.1) is 0 Å². The van der Waals surface area contributed by atoms with Crippen molar-refractivity contribution in [3.8, 4) is 0 Å². The molecule has 0 amide bonds. The molecule has 2 aliphatic rings. The summed E-state index contributed by atoms with van der Waals surface area (Å²) in [7, 11) is 3.98. The summed E-state index contributed by atoms with van der Waals surface area (Å²) in [6.45, 7) is 1.76. The molecule has 1 saturated heterocycles. The first-order valence-corrected chi connectivity index (χ1v) is 7.61. The maximum absolute atomic E-state index is 5.43. The van der Waals surface area contributed by atoms with Crippen molar-refractivity contribution >= 4 is 5.95 Å². The molecule has 0 radical (unpaired) electrons. The third-order valence-corrected chi connectivity index (χ3v) is 4.23. The van der Waals surface area contributed by atoms with Crippen molar-refractivity contribution in [3.05, 3.63) is 17.5 Å². The van der Waals surface area contributed by atoms with Crippen LogP contribution in [0.5, 0.6) is 0 Å². The molecule has 0 bridgehead atoms. The highest BCUT2D eigenvalue weighted by molar-refractivity contribution is 5.34. The lowest BCUT2D eigenvalue weighted by molar-refractivity contribution is 0.0741. The number of fused-ring (bicyclic) bond motifs is 1. The van der Waals surface area contributed by atoms with Gasteiger partial charge >= 0.3 is 0 Å². The minimum atomic E-state index is 0.415. The molecule has 1 fully saturated rings. The van der Waals surface area contributed by atoms with Gasteiger partial charge in [0.25, 0.3) is 0 Å². The first kappa shape index (κ1) is 13.8. The molecule has 5 heteroatoms. The molecule has 3 rings (SSSR count). The molecular weight excluding hydrogens is 252 g/mol. The molecule has 1 aliphatic heterocycles. The number of ether oxygens (including phenoxy) is 1. The van der Waals surface area contributed by atoms with Gasteiger partial charge < -0.3 is 15.0 Å². The molecule has 0 saturated carbocycles. The van der Waals surface area contributed by atoms with E-state index in [1.54, 1.807) is 0 Å². The maximum Gasteiger partial charge on any atom is 0.225 e. The predicted molar refractivity (Wildman–Crippen MR) is 79.0 cm³/mol. The van der Waals surface area contributed by atoms with Gasteiger partial charge in [-0.3, -0.25) is 0 Å². The lowest BCUT2D eigenvalue weighted by atomic mass is 9.91. The summed E-state index contributed by atoms with van der Waals surface area (Å²) in [5, 5.41) is 3.79. The van der Waals surface area contributed by atoms with E-state index in [0.717, 1.165) is 38.4 Å². The van der Waals surface area contributed by atoms with Crippen LogP contribution < -0.4 is 10.2 Å². The summed E-state index contributed by atoms with van der Waals surface area (Å²) in [6.07, 6.45) is 7.72. The zero-order valence-electron chi connectivity index (χ0n) is 12.4. The third kappa shape index (κ3) is 2.94. The number of aromatic nitrogens is 2. The van der Waals surface area contributed by atoms with E-state index in [-0.39, 0.29) is 0 Å². The first-order chi connectivity index (χ1) is 9.74. The Morgan fingerprint density at radius 2 is 2.05 bits per heavy atom. The number of anilines is 1. The van der Waals surface area contributed by atoms with Crippen LogP contribution in [0, 0.1) is 0 Å². The second-order valence-corrected chi connectivity index (χ2v) is 5.96. The summed E-state index contributed by atoms with van der Waals surface area (Å²) in [4.78, 5) is 11.2. The smallest absolute Gasteiger partial charge is 0.225 e. The summed E-state index contributed by atoms with van der Waals surface area (Å²) >= 11 is 0. The Kier molecular flexibility index (Phi) is 4.17. The number of hydrogen-bond acceptors (Lipinski definition) is 5. The lowest BCUT2D eigenvalue weighted by Gasteiger charge is -2.32. The van der Waals surface area contributed by atoms with Crippen molar-refractivity contribution in [2.45, 2.75) is 44.2 Å². The van der Waals surface area contributed by atoms with Crippen LogP contribution in [-0.2, 0) is 11.2 Å². The number of nitrogens with one attached hydrogen (secondary N) is 1. The van der Waals surface area contributed by atoms with E-state index < -0.39 is 0 Å². The van der Waals surface area contributed by atoms with Gasteiger partial charge in [0, 0.05) is 51.2 Å². The van der Waals surface area contributed by atoms with E-state index in [4.69, 9.17) is 9.72 Å². The Morgan fingerprint density at radius 3 is 2.80 bits per heavy atom. The van der Waals surface area contributed by atoms with Gasteiger partial charge in [-0.1, -0.05) is 0 Å². The monoisotopic (exact) mass is 276 g/mol. The largest absolute Gasteiger partial charge is 0.381 e. The minimum absolute atomic E-state index is 0.415. The molecule has 1 atom stereocenters. The quantitative estimate of drug-likeness (QED) is 0.910. The summed E-state index contributed by atoms with van der Waals surface area (Å²) < 4.78 is 5.43. The van der Waals surface area contributed by atoms with Crippen molar-refractivity contribution in [2.24, 2.45) is 0 Å². The van der Waals surface area contributed by atoms with E-state index >= 15 is 0 Å². The number of nitrogens with zero attached hydrogens (tertiary/aromatic N) is 3. The van der Waals surface area contributed by atoms with E-state index in [1.807, 2.05) is 25.2 Å². The Hall–Kier alpha value is -1.20. The van der Waals surface area contributed by atoms with Crippen molar-refractivity contribution < 1.29 is 4.74 Å². The van der Waals surface area contributed by atoms with Gasteiger partial charge in [0.05, 0.1) is 5.69 Å². The Balaban J connectivity index is 1.75. The molecule has 1 aromatic rings. The van der Waals surface area contributed by atoms with Gasteiger partial charge in [0.2, 0.25) is 5.95 Å². The molecule has 20 heavy (non-hydrogen) atoms. The standard InChI is InChI=1S/C15H24N4O/c1-19(2)15-16-10-12-13(4-3-5-14(12)18-15)17-11-6-8-20-9-7-11/h10-11,13,17H,3-9H2,1-2H3/t13-/m0/s1. The number of aryl methyl sites for hydroxylation is 1. The van der Waals surface area contributed by atoms with E-state index in [2.05, 4.69) is 10.3 Å². The summed E-state index contributed by atoms with van der Waals surface area (Å²) in [5.74, 6) is 0.815. The molecular formula is C15H24N4O. The van der Waals surface area contributed by atoms with Gasteiger partial charge in [-0.05, 0) is 32.1 Å². The molecule has 5 nitrogen and oxygen atoms in total.